The lowest BCUT2D eigenvalue weighted by Crippen LogP contribution is -2.19. The van der Waals surface area contributed by atoms with E-state index in [-0.39, 0.29) is 22.4 Å². The third kappa shape index (κ3) is 4.10. The highest BCUT2D eigenvalue weighted by Crippen LogP contribution is 2.40. The van der Waals surface area contributed by atoms with Gasteiger partial charge in [0.1, 0.15) is 12.0 Å². The van der Waals surface area contributed by atoms with Crippen molar-refractivity contribution in [1.29, 1.82) is 0 Å². The molecule has 1 atom stereocenters. The number of ketones is 1. The van der Waals surface area contributed by atoms with E-state index in [9.17, 15) is 14.5 Å². The van der Waals surface area contributed by atoms with E-state index in [4.69, 9.17) is 0 Å². The largest absolute Gasteiger partial charge is 0.610 e. The molecule has 1 aromatic heterocycles. The summed E-state index contributed by atoms with van der Waals surface area (Å²) in [6.45, 7) is 12.1. The highest BCUT2D eigenvalue weighted by atomic mass is 32.2. The molecule has 0 spiro atoms. The molecule has 1 heterocycles. The van der Waals surface area contributed by atoms with E-state index in [2.05, 4.69) is 4.98 Å². The number of carbonyl (C=O) groups is 1. The maximum Gasteiger partial charge on any atom is 0.223 e. The van der Waals surface area contributed by atoms with Gasteiger partial charge in [-0.1, -0.05) is 41.5 Å². The SMILES string of the molecule is C[S+]([O-])c1cc(C(=O)c2cc(C(C)(C)C)c(O)c(C(C)(C)C)c2)c[nH]1. The molecule has 2 aromatic rings. The molecule has 136 valence electrons. The average Bonchev–Trinajstić information content (AvgIpc) is 2.94. The summed E-state index contributed by atoms with van der Waals surface area (Å²) in [6, 6.07) is 5.16. The van der Waals surface area contributed by atoms with Crippen LogP contribution in [0.25, 0.3) is 0 Å². The minimum Gasteiger partial charge on any atom is -0.610 e. The van der Waals surface area contributed by atoms with Crippen molar-refractivity contribution in [2.45, 2.75) is 57.4 Å². The molecule has 0 aliphatic carbocycles. The van der Waals surface area contributed by atoms with Crippen LogP contribution in [0.1, 0.15) is 68.6 Å². The number of benzene rings is 1. The lowest BCUT2D eigenvalue weighted by molar-refractivity contribution is 0.103. The number of hydrogen-bond acceptors (Lipinski definition) is 3. The van der Waals surface area contributed by atoms with Crippen molar-refractivity contribution in [3.05, 3.63) is 46.6 Å². The van der Waals surface area contributed by atoms with Crippen molar-refractivity contribution < 1.29 is 14.5 Å². The minimum atomic E-state index is -1.17. The molecule has 25 heavy (non-hydrogen) atoms. The van der Waals surface area contributed by atoms with Gasteiger partial charge >= 0.3 is 0 Å². The minimum absolute atomic E-state index is 0.149. The van der Waals surface area contributed by atoms with E-state index in [1.807, 2.05) is 41.5 Å². The van der Waals surface area contributed by atoms with E-state index in [1.165, 1.54) is 0 Å². The van der Waals surface area contributed by atoms with Gasteiger partial charge in [0.05, 0.1) is 0 Å². The molecule has 2 N–H and O–H groups in total. The summed E-state index contributed by atoms with van der Waals surface area (Å²) < 4.78 is 11.6. The van der Waals surface area contributed by atoms with E-state index in [1.54, 1.807) is 30.7 Å². The van der Waals surface area contributed by atoms with Gasteiger partial charge in [0, 0.05) is 34.5 Å². The number of nitrogens with one attached hydrogen (secondary N) is 1. The zero-order valence-electron chi connectivity index (χ0n) is 16.0. The van der Waals surface area contributed by atoms with Gasteiger partial charge in [-0.25, -0.2) is 0 Å². The monoisotopic (exact) mass is 361 g/mol. The number of carbonyl (C=O) groups excluding carboxylic acids is 1. The van der Waals surface area contributed by atoms with Crippen LogP contribution in [0.4, 0.5) is 0 Å². The number of rotatable bonds is 3. The van der Waals surface area contributed by atoms with Gasteiger partial charge < -0.3 is 14.6 Å². The highest BCUT2D eigenvalue weighted by Gasteiger charge is 2.28. The Morgan fingerprint density at radius 3 is 1.84 bits per heavy atom. The van der Waals surface area contributed by atoms with Gasteiger partial charge in [0.25, 0.3) is 0 Å². The summed E-state index contributed by atoms with van der Waals surface area (Å²) in [7, 11) is 0. The Labute approximate surface area is 152 Å². The molecule has 1 unspecified atom stereocenters. The summed E-state index contributed by atoms with van der Waals surface area (Å²) in [5.74, 6) is 0.102. The topological polar surface area (TPSA) is 76.2 Å². The molecule has 0 radical (unpaired) electrons. The van der Waals surface area contributed by atoms with Crippen molar-refractivity contribution in [2.75, 3.05) is 6.26 Å². The zero-order chi connectivity index (χ0) is 19.2. The van der Waals surface area contributed by atoms with Crippen LogP contribution in [0.3, 0.4) is 0 Å². The zero-order valence-corrected chi connectivity index (χ0v) is 16.8. The summed E-state index contributed by atoms with van der Waals surface area (Å²) in [5.41, 5.74) is 1.90. The Bertz CT molecular complexity index is 757. The van der Waals surface area contributed by atoms with Crippen molar-refractivity contribution in [1.82, 2.24) is 4.98 Å². The van der Waals surface area contributed by atoms with Crippen LogP contribution in [0.15, 0.2) is 29.4 Å². The molecular weight excluding hydrogens is 334 g/mol. The normalized spacial score (nSPS) is 13.8. The molecule has 0 saturated heterocycles. The summed E-state index contributed by atoms with van der Waals surface area (Å²) in [5, 5.41) is 11.3. The molecule has 0 fully saturated rings. The van der Waals surface area contributed by atoms with Crippen molar-refractivity contribution in [3.63, 3.8) is 0 Å². The smallest absolute Gasteiger partial charge is 0.223 e. The van der Waals surface area contributed by atoms with Gasteiger partial charge in [-0.05, 0) is 34.1 Å². The number of phenols is 1. The van der Waals surface area contributed by atoms with Crippen LogP contribution in [-0.2, 0) is 22.0 Å². The lowest BCUT2D eigenvalue weighted by Gasteiger charge is -2.28. The van der Waals surface area contributed by atoms with Gasteiger partial charge in [0.2, 0.25) is 5.03 Å². The predicted octanol–water partition coefficient (Wildman–Crippen LogP) is 4.28. The van der Waals surface area contributed by atoms with E-state index in [0.29, 0.717) is 16.2 Å². The quantitative estimate of drug-likeness (QED) is 0.633. The maximum atomic E-state index is 13.0. The number of aromatic amines is 1. The second kappa shape index (κ2) is 6.54. The first-order valence-electron chi connectivity index (χ1n) is 8.27. The molecule has 2 rings (SSSR count). The lowest BCUT2D eigenvalue weighted by atomic mass is 9.78. The Morgan fingerprint density at radius 1 is 1.00 bits per heavy atom. The first-order valence-corrected chi connectivity index (χ1v) is 9.82. The maximum absolute atomic E-state index is 13.0. The molecule has 4 nitrogen and oxygen atoms in total. The van der Waals surface area contributed by atoms with E-state index < -0.39 is 11.2 Å². The van der Waals surface area contributed by atoms with Crippen molar-refractivity contribution in [3.8, 4) is 5.75 Å². The molecule has 1 aromatic carbocycles. The van der Waals surface area contributed by atoms with E-state index in [0.717, 1.165) is 11.1 Å². The third-order valence-electron chi connectivity index (χ3n) is 4.22. The second-order valence-electron chi connectivity index (χ2n) is 8.46. The first kappa shape index (κ1) is 19.6. The molecule has 0 amide bonds. The Balaban J connectivity index is 2.62. The van der Waals surface area contributed by atoms with Gasteiger partial charge in [-0.2, -0.15) is 0 Å². The third-order valence-corrected chi connectivity index (χ3v) is 5.07. The molecule has 0 bridgehead atoms. The molecule has 5 heteroatoms. The molecule has 0 saturated carbocycles. The number of aromatic nitrogens is 1. The van der Waals surface area contributed by atoms with E-state index >= 15 is 0 Å². The number of phenolic OH excluding ortho intramolecular Hbond substituents is 1. The van der Waals surface area contributed by atoms with Crippen LogP contribution >= 0.6 is 0 Å². The summed E-state index contributed by atoms with van der Waals surface area (Å²) in [4.78, 5) is 15.8. The van der Waals surface area contributed by atoms with Crippen molar-refractivity contribution in [2.24, 2.45) is 0 Å². The van der Waals surface area contributed by atoms with Gasteiger partial charge in [-0.15, -0.1) is 0 Å². The van der Waals surface area contributed by atoms with Crippen LogP contribution < -0.4 is 0 Å². The van der Waals surface area contributed by atoms with Crippen LogP contribution in [0.2, 0.25) is 0 Å². The molecule has 0 aliphatic heterocycles. The highest BCUT2D eigenvalue weighted by molar-refractivity contribution is 7.90. The average molecular weight is 362 g/mol. The standard InChI is InChI=1S/C20H27NO3S/c1-19(2,3)14-8-12(9-15(18(14)23)20(4,5)6)17(22)13-10-16(21-11-13)25(7)24/h8-11,21,23H,1-7H3. The van der Waals surface area contributed by atoms with Crippen LogP contribution in [0.5, 0.6) is 5.75 Å². The fraction of sp³-hybridized carbons (Fsp3) is 0.450. The summed E-state index contributed by atoms with van der Waals surface area (Å²) >= 11 is -1.17. The first-order chi connectivity index (χ1) is 11.3. The van der Waals surface area contributed by atoms with Gasteiger partial charge in [-0.3, -0.25) is 4.79 Å². The number of hydrogen-bond donors (Lipinski definition) is 2. The molecule has 0 aliphatic rings. The fourth-order valence-corrected chi connectivity index (χ4v) is 3.26. The Morgan fingerprint density at radius 2 is 1.48 bits per heavy atom. The Hall–Kier alpha value is -1.72. The predicted molar refractivity (Wildman–Crippen MR) is 102 cm³/mol. The molecular formula is C20H27NO3S. The van der Waals surface area contributed by atoms with Crippen LogP contribution in [0, 0.1) is 0 Å². The number of H-pyrrole nitrogens is 1. The summed E-state index contributed by atoms with van der Waals surface area (Å²) in [6.07, 6.45) is 3.15. The van der Waals surface area contributed by atoms with Gasteiger partial charge in [0.15, 0.2) is 5.78 Å². The number of aromatic hydroxyl groups is 1. The fourth-order valence-electron chi connectivity index (χ4n) is 2.75. The van der Waals surface area contributed by atoms with Crippen LogP contribution in [-0.4, -0.2) is 26.7 Å². The second-order valence-corrected chi connectivity index (χ2v) is 9.80. The van der Waals surface area contributed by atoms with Crippen molar-refractivity contribution >= 4 is 17.0 Å². The Kier molecular flexibility index (Phi) is 5.13.